The van der Waals surface area contributed by atoms with Crippen LogP contribution in [0.15, 0.2) is 23.2 Å². The van der Waals surface area contributed by atoms with E-state index in [1.807, 2.05) is 0 Å². The number of hydrogen-bond acceptors (Lipinski definition) is 5. The van der Waals surface area contributed by atoms with Crippen LogP contribution in [0.4, 0.5) is 5.82 Å². The second kappa shape index (κ2) is 4.76. The Morgan fingerprint density at radius 1 is 1.47 bits per heavy atom. The predicted molar refractivity (Wildman–Crippen MR) is 74.0 cm³/mol. The zero-order valence-electron chi connectivity index (χ0n) is 11.7. The average molecular weight is 284 g/mol. The van der Waals surface area contributed by atoms with Crippen LogP contribution in [-0.2, 0) is 14.6 Å². The van der Waals surface area contributed by atoms with Gasteiger partial charge in [0.05, 0.1) is 6.10 Å². The molecule has 1 N–H and O–H groups in total. The molecule has 0 spiro atoms. The van der Waals surface area contributed by atoms with Crippen LogP contribution in [0.1, 0.15) is 20.3 Å². The maximum absolute atomic E-state index is 11.7. The topological polar surface area (TPSA) is 68.3 Å². The van der Waals surface area contributed by atoms with Gasteiger partial charge in [-0.25, -0.2) is 13.4 Å². The molecule has 0 aromatic carbocycles. The van der Waals surface area contributed by atoms with Crippen molar-refractivity contribution in [1.82, 2.24) is 4.98 Å². The Balaban J connectivity index is 2.23. The molecular weight excluding hydrogens is 264 g/mol. The monoisotopic (exact) mass is 284 g/mol. The van der Waals surface area contributed by atoms with Crippen LogP contribution in [0, 0.1) is 5.41 Å². The summed E-state index contributed by atoms with van der Waals surface area (Å²) in [5.74, 6) is 0.428. The van der Waals surface area contributed by atoms with Gasteiger partial charge in [-0.05, 0) is 18.6 Å². The van der Waals surface area contributed by atoms with Gasteiger partial charge in [-0.15, -0.1) is 0 Å². The Morgan fingerprint density at radius 3 is 2.68 bits per heavy atom. The second-order valence-corrected chi connectivity index (χ2v) is 7.58. The SMILES string of the molecule is COC1CC(Nc2ncccc2S(C)(=O)=O)C1(C)C. The number of pyridine rings is 1. The highest BCUT2D eigenvalue weighted by Gasteiger charge is 2.49. The number of sulfone groups is 1. The smallest absolute Gasteiger partial charge is 0.179 e. The van der Waals surface area contributed by atoms with Crippen molar-refractivity contribution in [1.29, 1.82) is 0 Å². The summed E-state index contributed by atoms with van der Waals surface area (Å²) < 4.78 is 28.8. The van der Waals surface area contributed by atoms with Crippen molar-refractivity contribution in [2.75, 3.05) is 18.7 Å². The zero-order chi connectivity index (χ0) is 14.3. The van der Waals surface area contributed by atoms with E-state index in [2.05, 4.69) is 24.1 Å². The normalized spacial score (nSPS) is 25.7. The van der Waals surface area contributed by atoms with Crippen LogP contribution in [0.3, 0.4) is 0 Å². The summed E-state index contributed by atoms with van der Waals surface area (Å²) in [6.07, 6.45) is 3.83. The molecule has 0 bridgehead atoms. The zero-order valence-corrected chi connectivity index (χ0v) is 12.5. The predicted octanol–water partition coefficient (Wildman–Crippen LogP) is 1.71. The van der Waals surface area contributed by atoms with Crippen molar-refractivity contribution in [2.45, 2.75) is 37.3 Å². The number of aromatic nitrogens is 1. The third kappa shape index (κ3) is 2.60. The number of nitrogens with zero attached hydrogens (tertiary/aromatic N) is 1. The minimum atomic E-state index is -3.28. The standard InChI is InChI=1S/C13H20N2O3S/c1-13(2)10(8-11(13)18-3)15-12-9(19(4,16)17)6-5-7-14-12/h5-7,10-11H,8H2,1-4H3,(H,14,15). The molecule has 2 rings (SSSR count). The van der Waals surface area contributed by atoms with Gasteiger partial charge in [0.2, 0.25) is 0 Å². The van der Waals surface area contributed by atoms with Crippen molar-refractivity contribution >= 4 is 15.7 Å². The summed E-state index contributed by atoms with van der Waals surface area (Å²) in [5, 5.41) is 3.24. The number of ether oxygens (including phenoxy) is 1. The average Bonchev–Trinajstić information content (AvgIpc) is 2.33. The molecule has 1 aliphatic rings. The number of anilines is 1. The molecule has 1 aromatic heterocycles. The lowest BCUT2D eigenvalue weighted by molar-refractivity contribution is -0.0796. The van der Waals surface area contributed by atoms with Crippen molar-refractivity contribution in [2.24, 2.45) is 5.41 Å². The summed E-state index contributed by atoms with van der Waals surface area (Å²) in [5.41, 5.74) is -0.0406. The molecule has 106 valence electrons. The van der Waals surface area contributed by atoms with E-state index in [0.717, 1.165) is 6.42 Å². The maximum Gasteiger partial charge on any atom is 0.179 e. The molecule has 1 fully saturated rings. The Bertz CT molecular complexity index is 569. The van der Waals surface area contributed by atoms with Crippen molar-refractivity contribution < 1.29 is 13.2 Å². The first-order chi connectivity index (χ1) is 8.76. The van der Waals surface area contributed by atoms with E-state index in [0.29, 0.717) is 5.82 Å². The largest absolute Gasteiger partial charge is 0.381 e. The van der Waals surface area contributed by atoms with Crippen LogP contribution in [0.5, 0.6) is 0 Å². The van der Waals surface area contributed by atoms with E-state index in [1.165, 1.54) is 6.26 Å². The number of hydrogen-bond donors (Lipinski definition) is 1. The van der Waals surface area contributed by atoms with Crippen LogP contribution >= 0.6 is 0 Å². The van der Waals surface area contributed by atoms with Gasteiger partial charge in [-0.1, -0.05) is 13.8 Å². The molecule has 1 heterocycles. The van der Waals surface area contributed by atoms with Gasteiger partial charge in [0.25, 0.3) is 0 Å². The van der Waals surface area contributed by atoms with Crippen molar-refractivity contribution in [3.63, 3.8) is 0 Å². The number of methoxy groups -OCH3 is 1. The molecule has 0 saturated heterocycles. The Labute approximate surface area is 114 Å². The van der Waals surface area contributed by atoms with Crippen LogP contribution in [0.25, 0.3) is 0 Å². The Kier molecular flexibility index (Phi) is 3.57. The summed E-state index contributed by atoms with van der Waals surface area (Å²) >= 11 is 0. The van der Waals surface area contributed by atoms with E-state index in [4.69, 9.17) is 4.74 Å². The van der Waals surface area contributed by atoms with E-state index >= 15 is 0 Å². The first kappa shape index (κ1) is 14.3. The van der Waals surface area contributed by atoms with Gasteiger partial charge in [0.15, 0.2) is 9.84 Å². The summed E-state index contributed by atoms with van der Waals surface area (Å²) in [4.78, 5) is 4.39. The second-order valence-electron chi connectivity index (χ2n) is 5.60. The third-order valence-electron chi connectivity index (χ3n) is 3.94. The highest BCUT2D eigenvalue weighted by atomic mass is 32.2. The van der Waals surface area contributed by atoms with Gasteiger partial charge < -0.3 is 10.1 Å². The molecule has 0 amide bonds. The highest BCUT2D eigenvalue weighted by Crippen LogP contribution is 2.44. The molecule has 2 unspecified atom stereocenters. The minimum absolute atomic E-state index is 0.0406. The van der Waals surface area contributed by atoms with E-state index in [9.17, 15) is 8.42 Å². The van der Waals surface area contributed by atoms with Crippen molar-refractivity contribution in [3.8, 4) is 0 Å². The van der Waals surface area contributed by atoms with Crippen molar-refractivity contribution in [3.05, 3.63) is 18.3 Å². The lowest BCUT2D eigenvalue weighted by Gasteiger charge is -2.51. The van der Waals surface area contributed by atoms with E-state index < -0.39 is 9.84 Å². The number of nitrogens with one attached hydrogen (secondary N) is 1. The molecule has 0 radical (unpaired) electrons. The van der Waals surface area contributed by atoms with E-state index in [-0.39, 0.29) is 22.5 Å². The third-order valence-corrected chi connectivity index (χ3v) is 5.07. The Morgan fingerprint density at radius 2 is 2.16 bits per heavy atom. The fraction of sp³-hybridized carbons (Fsp3) is 0.615. The summed E-state index contributed by atoms with van der Waals surface area (Å²) in [7, 11) is -1.58. The molecule has 5 nitrogen and oxygen atoms in total. The fourth-order valence-corrected chi connectivity index (χ4v) is 3.28. The molecule has 1 saturated carbocycles. The van der Waals surface area contributed by atoms with Gasteiger partial charge in [0, 0.05) is 31.0 Å². The molecule has 2 atom stereocenters. The summed E-state index contributed by atoms with van der Waals surface area (Å²) in [6.45, 7) is 4.21. The van der Waals surface area contributed by atoms with Crippen LogP contribution < -0.4 is 5.32 Å². The first-order valence-electron chi connectivity index (χ1n) is 6.21. The molecule has 19 heavy (non-hydrogen) atoms. The minimum Gasteiger partial charge on any atom is -0.381 e. The quantitative estimate of drug-likeness (QED) is 0.911. The van der Waals surface area contributed by atoms with Gasteiger partial charge >= 0.3 is 0 Å². The van der Waals surface area contributed by atoms with Gasteiger partial charge in [-0.2, -0.15) is 0 Å². The maximum atomic E-state index is 11.7. The molecule has 0 aliphatic heterocycles. The van der Waals surface area contributed by atoms with E-state index in [1.54, 1.807) is 25.4 Å². The van der Waals surface area contributed by atoms with Crippen LogP contribution in [0.2, 0.25) is 0 Å². The molecule has 1 aliphatic carbocycles. The lowest BCUT2D eigenvalue weighted by Crippen LogP contribution is -2.57. The highest BCUT2D eigenvalue weighted by molar-refractivity contribution is 7.90. The lowest BCUT2D eigenvalue weighted by atomic mass is 9.64. The summed E-state index contributed by atoms with van der Waals surface area (Å²) in [6, 6.07) is 3.36. The van der Waals surface area contributed by atoms with Crippen LogP contribution in [-0.4, -0.2) is 38.9 Å². The Hall–Kier alpha value is -1.14. The molecule has 1 aromatic rings. The van der Waals surface area contributed by atoms with Gasteiger partial charge in [0.1, 0.15) is 10.7 Å². The fourth-order valence-electron chi connectivity index (χ4n) is 2.49. The number of rotatable bonds is 4. The first-order valence-corrected chi connectivity index (χ1v) is 8.10. The molecular formula is C13H20N2O3S. The molecule has 6 heteroatoms. The van der Waals surface area contributed by atoms with Gasteiger partial charge in [-0.3, -0.25) is 0 Å².